The van der Waals surface area contributed by atoms with E-state index in [1.807, 2.05) is 17.9 Å². The lowest BCUT2D eigenvalue weighted by Crippen LogP contribution is -2.45. The molecule has 3 rings (SSSR count). The van der Waals surface area contributed by atoms with E-state index < -0.39 is 22.0 Å². The molecule has 9 nitrogen and oxygen atoms in total. The zero-order chi connectivity index (χ0) is 19.6. The minimum Gasteiger partial charge on any atom is -0.383 e. The number of methoxy groups -OCH3 is 1. The van der Waals surface area contributed by atoms with Gasteiger partial charge in [0.15, 0.2) is 0 Å². The molecule has 1 aromatic rings. The van der Waals surface area contributed by atoms with Crippen LogP contribution in [-0.2, 0) is 19.6 Å². The number of hydrogen-bond acceptors (Lipinski definition) is 7. The van der Waals surface area contributed by atoms with Gasteiger partial charge in [-0.2, -0.15) is 0 Å². The highest BCUT2D eigenvalue weighted by Crippen LogP contribution is 2.24. The summed E-state index contributed by atoms with van der Waals surface area (Å²) in [4.78, 5) is 31.3. The van der Waals surface area contributed by atoms with Crippen molar-refractivity contribution in [3.05, 3.63) is 29.6 Å². The number of ether oxygens (including phenoxy) is 1. The van der Waals surface area contributed by atoms with E-state index >= 15 is 0 Å². The highest BCUT2D eigenvalue weighted by atomic mass is 32.2. The quantitative estimate of drug-likeness (QED) is 0.707. The minimum atomic E-state index is -3.65. The fourth-order valence-corrected chi connectivity index (χ4v) is 4.94. The smallest absolute Gasteiger partial charge is 0.270 e. The van der Waals surface area contributed by atoms with E-state index in [-0.39, 0.29) is 37.4 Å². The molecule has 2 atom stereocenters. The first-order valence-electron chi connectivity index (χ1n) is 8.83. The van der Waals surface area contributed by atoms with Crippen molar-refractivity contribution in [1.82, 2.24) is 19.5 Å². The number of carbonyl (C=O) groups is 2. The van der Waals surface area contributed by atoms with Gasteiger partial charge >= 0.3 is 0 Å². The number of carbonyl (C=O) groups excluding carboxylic acids is 2. The molecular formula is C17H24N4O5S. The first-order valence-corrected chi connectivity index (χ1v) is 10.4. The lowest BCUT2D eigenvalue weighted by Gasteiger charge is -2.23. The third-order valence-corrected chi connectivity index (χ3v) is 6.59. The van der Waals surface area contributed by atoms with Crippen LogP contribution >= 0.6 is 0 Å². The molecule has 10 heteroatoms. The number of rotatable bonds is 5. The first kappa shape index (κ1) is 19.7. The number of aryl methyl sites for hydroxylation is 1. The Labute approximate surface area is 158 Å². The Morgan fingerprint density at radius 1 is 1.41 bits per heavy atom. The summed E-state index contributed by atoms with van der Waals surface area (Å²) in [6.45, 7) is 2.66. The molecular weight excluding hydrogens is 372 g/mol. The Hall–Kier alpha value is -2.04. The Kier molecular flexibility index (Phi) is 5.78. The van der Waals surface area contributed by atoms with Crippen LogP contribution in [0, 0.1) is 6.92 Å². The number of nitrogens with zero attached hydrogens (tertiary/aromatic N) is 3. The van der Waals surface area contributed by atoms with E-state index in [0.717, 1.165) is 10.00 Å². The van der Waals surface area contributed by atoms with Crippen LogP contribution in [0.5, 0.6) is 0 Å². The second-order valence-electron chi connectivity index (χ2n) is 6.80. The number of amides is 2. The molecule has 1 N–H and O–H groups in total. The zero-order valence-electron chi connectivity index (χ0n) is 15.4. The van der Waals surface area contributed by atoms with Crippen LogP contribution in [0.4, 0.5) is 0 Å². The largest absolute Gasteiger partial charge is 0.383 e. The van der Waals surface area contributed by atoms with Gasteiger partial charge in [0.2, 0.25) is 10.0 Å². The van der Waals surface area contributed by atoms with Crippen LogP contribution in [0.15, 0.2) is 18.2 Å². The Balaban J connectivity index is 1.70. The van der Waals surface area contributed by atoms with E-state index in [0.29, 0.717) is 18.7 Å². The van der Waals surface area contributed by atoms with Gasteiger partial charge in [0, 0.05) is 31.9 Å². The summed E-state index contributed by atoms with van der Waals surface area (Å²) in [5, 5.41) is 2.91. The van der Waals surface area contributed by atoms with Crippen molar-refractivity contribution in [2.75, 3.05) is 39.1 Å². The van der Waals surface area contributed by atoms with Crippen LogP contribution in [0.1, 0.15) is 22.6 Å². The van der Waals surface area contributed by atoms with Gasteiger partial charge in [0.1, 0.15) is 5.69 Å². The SMILES string of the molecule is COCCN1C(=O)[C@@H]2C[C@H](NC(=O)c3cccc(C)n3)CN2CCS1(=O)=O. The van der Waals surface area contributed by atoms with Gasteiger partial charge in [-0.1, -0.05) is 6.07 Å². The van der Waals surface area contributed by atoms with E-state index in [1.165, 1.54) is 7.11 Å². The van der Waals surface area contributed by atoms with Crippen LogP contribution in [0.25, 0.3) is 0 Å². The summed E-state index contributed by atoms with van der Waals surface area (Å²) in [5.41, 5.74) is 1.07. The molecule has 0 radical (unpaired) electrons. The molecule has 2 saturated heterocycles. The molecule has 0 aliphatic carbocycles. The van der Waals surface area contributed by atoms with Gasteiger partial charge in [0.25, 0.3) is 11.8 Å². The third-order valence-electron chi connectivity index (χ3n) is 4.86. The lowest BCUT2D eigenvalue weighted by atomic mass is 10.1. The molecule has 0 aromatic carbocycles. The predicted octanol–water partition coefficient (Wildman–Crippen LogP) is -0.619. The highest BCUT2D eigenvalue weighted by Gasteiger charge is 2.45. The maximum Gasteiger partial charge on any atom is 0.270 e. The van der Waals surface area contributed by atoms with Crippen LogP contribution in [0.2, 0.25) is 0 Å². The highest BCUT2D eigenvalue weighted by molar-refractivity contribution is 7.89. The predicted molar refractivity (Wildman–Crippen MR) is 97.6 cm³/mol. The molecule has 0 saturated carbocycles. The number of pyridine rings is 1. The minimum absolute atomic E-state index is 0.00620. The normalized spacial score (nSPS) is 25.1. The zero-order valence-corrected chi connectivity index (χ0v) is 16.2. The maximum atomic E-state index is 12.8. The third kappa shape index (κ3) is 4.28. The van der Waals surface area contributed by atoms with Crippen molar-refractivity contribution in [2.24, 2.45) is 0 Å². The van der Waals surface area contributed by atoms with Gasteiger partial charge in [-0.3, -0.25) is 14.5 Å². The topological polar surface area (TPSA) is 109 Å². The van der Waals surface area contributed by atoms with Crippen molar-refractivity contribution in [1.29, 1.82) is 0 Å². The molecule has 3 heterocycles. The number of nitrogens with one attached hydrogen (secondary N) is 1. The average Bonchev–Trinajstić information content (AvgIpc) is 2.99. The molecule has 2 aliphatic rings. The molecule has 0 unspecified atom stereocenters. The van der Waals surface area contributed by atoms with Crippen LogP contribution in [-0.4, -0.2) is 85.6 Å². The summed E-state index contributed by atoms with van der Waals surface area (Å²) in [5.74, 6) is -0.869. The molecule has 2 amide bonds. The Bertz CT molecular complexity index is 828. The van der Waals surface area contributed by atoms with E-state index in [2.05, 4.69) is 10.3 Å². The maximum absolute atomic E-state index is 12.8. The molecule has 27 heavy (non-hydrogen) atoms. The van der Waals surface area contributed by atoms with Crippen molar-refractivity contribution in [2.45, 2.75) is 25.4 Å². The van der Waals surface area contributed by atoms with Gasteiger partial charge in [-0.05, 0) is 25.5 Å². The Morgan fingerprint density at radius 2 is 2.19 bits per heavy atom. The summed E-state index contributed by atoms with van der Waals surface area (Å²) in [6, 6.07) is 4.42. The molecule has 2 fully saturated rings. The second kappa shape index (κ2) is 7.91. The summed E-state index contributed by atoms with van der Waals surface area (Å²) < 4.78 is 30.6. The fourth-order valence-electron chi connectivity index (χ4n) is 3.51. The molecule has 2 aliphatic heterocycles. The molecule has 0 bridgehead atoms. The molecule has 0 spiro atoms. The summed E-state index contributed by atoms with van der Waals surface area (Å²) >= 11 is 0. The number of sulfonamides is 1. The molecule has 148 valence electrons. The summed E-state index contributed by atoms with van der Waals surface area (Å²) in [7, 11) is -2.19. The number of fused-ring (bicyclic) bond motifs is 1. The van der Waals surface area contributed by atoms with Crippen molar-refractivity contribution >= 4 is 21.8 Å². The number of aromatic nitrogens is 1. The van der Waals surface area contributed by atoms with Crippen molar-refractivity contribution in [3.8, 4) is 0 Å². The average molecular weight is 396 g/mol. The molecule has 1 aromatic heterocycles. The monoisotopic (exact) mass is 396 g/mol. The lowest BCUT2D eigenvalue weighted by molar-refractivity contribution is -0.131. The Morgan fingerprint density at radius 3 is 2.89 bits per heavy atom. The van der Waals surface area contributed by atoms with E-state index in [9.17, 15) is 18.0 Å². The van der Waals surface area contributed by atoms with E-state index in [4.69, 9.17) is 4.74 Å². The first-order chi connectivity index (χ1) is 12.8. The van der Waals surface area contributed by atoms with Gasteiger partial charge in [-0.15, -0.1) is 0 Å². The van der Waals surface area contributed by atoms with Gasteiger partial charge in [0.05, 0.1) is 24.9 Å². The van der Waals surface area contributed by atoms with Crippen LogP contribution < -0.4 is 5.32 Å². The summed E-state index contributed by atoms with van der Waals surface area (Å²) in [6.07, 6.45) is 0.370. The number of hydrogen-bond donors (Lipinski definition) is 1. The fraction of sp³-hybridized carbons (Fsp3) is 0.588. The van der Waals surface area contributed by atoms with Crippen molar-refractivity contribution < 1.29 is 22.7 Å². The second-order valence-corrected chi connectivity index (χ2v) is 8.81. The van der Waals surface area contributed by atoms with Crippen molar-refractivity contribution in [3.63, 3.8) is 0 Å². The van der Waals surface area contributed by atoms with Gasteiger partial charge < -0.3 is 10.1 Å². The van der Waals surface area contributed by atoms with Gasteiger partial charge in [-0.25, -0.2) is 17.7 Å². The van der Waals surface area contributed by atoms with Crippen LogP contribution in [0.3, 0.4) is 0 Å². The standard InChI is InChI=1S/C17H24N4O5S/c1-12-4-3-5-14(18-12)16(22)19-13-10-15-17(23)21(6-8-26-2)27(24,25)9-7-20(15)11-13/h3-5,13,15H,6-11H2,1-2H3,(H,19,22)/t13-,15-/m0/s1. The van der Waals surface area contributed by atoms with E-state index in [1.54, 1.807) is 12.1 Å².